The summed E-state index contributed by atoms with van der Waals surface area (Å²) in [6.07, 6.45) is 1.84. The minimum atomic E-state index is -0.638. The van der Waals surface area contributed by atoms with Gasteiger partial charge in [0.05, 0.1) is 18.5 Å². The first kappa shape index (κ1) is 26.7. The van der Waals surface area contributed by atoms with E-state index >= 15 is 4.39 Å². The van der Waals surface area contributed by atoms with Gasteiger partial charge in [-0.1, -0.05) is 25.4 Å². The van der Waals surface area contributed by atoms with Crippen molar-refractivity contribution in [1.29, 1.82) is 0 Å². The molecule has 2 aromatic carbocycles. The number of halogens is 3. The fourth-order valence-electron chi connectivity index (χ4n) is 4.49. The molecule has 1 unspecified atom stereocenters. The number of anilines is 2. The number of amides is 2. The van der Waals surface area contributed by atoms with Crippen LogP contribution >= 0.6 is 11.6 Å². The summed E-state index contributed by atoms with van der Waals surface area (Å²) < 4.78 is 35.0. The van der Waals surface area contributed by atoms with Crippen molar-refractivity contribution in [1.82, 2.24) is 5.32 Å². The third-order valence-electron chi connectivity index (χ3n) is 6.39. The van der Waals surface area contributed by atoms with E-state index in [9.17, 15) is 14.0 Å². The van der Waals surface area contributed by atoms with Crippen molar-refractivity contribution in [3.8, 4) is 5.75 Å². The van der Waals surface area contributed by atoms with Crippen LogP contribution in [0.25, 0.3) is 0 Å². The maximum absolute atomic E-state index is 15.1. The summed E-state index contributed by atoms with van der Waals surface area (Å²) >= 11 is 6.18. The Morgan fingerprint density at radius 3 is 2.37 bits per heavy atom. The first-order valence-corrected chi connectivity index (χ1v) is 12.3. The molecule has 0 spiro atoms. The second-order valence-electron chi connectivity index (χ2n) is 8.54. The number of rotatable bonds is 5. The average Bonchev–Trinajstić information content (AvgIpc) is 2.85. The molecule has 6 nitrogen and oxygen atoms in total. The van der Waals surface area contributed by atoms with Gasteiger partial charge >= 0.3 is 0 Å². The van der Waals surface area contributed by atoms with Gasteiger partial charge in [0.15, 0.2) is 0 Å². The zero-order valence-corrected chi connectivity index (χ0v) is 21.3. The van der Waals surface area contributed by atoms with E-state index in [4.69, 9.17) is 16.3 Å². The van der Waals surface area contributed by atoms with Gasteiger partial charge in [0.25, 0.3) is 0 Å². The molecule has 35 heavy (non-hydrogen) atoms. The molecule has 0 radical (unpaired) electrons. The Bertz CT molecular complexity index is 1090. The molecule has 0 bridgehead atoms. The number of nitrogens with one attached hydrogen (secondary N) is 2. The number of methoxy groups -OCH3 is 1. The van der Waals surface area contributed by atoms with Gasteiger partial charge in [-0.05, 0) is 61.4 Å². The number of hydrogen-bond donors (Lipinski definition) is 2. The maximum Gasteiger partial charge on any atom is 0.249 e. The van der Waals surface area contributed by atoms with E-state index in [-0.39, 0.29) is 24.1 Å². The van der Waals surface area contributed by atoms with Crippen LogP contribution in [0.4, 0.5) is 20.2 Å². The van der Waals surface area contributed by atoms with Gasteiger partial charge < -0.3 is 15.0 Å². The summed E-state index contributed by atoms with van der Waals surface area (Å²) in [6.45, 7) is 6.90. The molecule has 9 heteroatoms. The molecule has 2 fully saturated rings. The molecular formula is C26H32ClF2N3O3. The molecule has 2 N–H and O–H groups in total. The Kier molecular flexibility index (Phi) is 8.94. The Hall–Kier alpha value is -2.87. The van der Waals surface area contributed by atoms with Crippen LogP contribution in [-0.4, -0.2) is 38.1 Å². The zero-order chi connectivity index (χ0) is 25.7. The lowest BCUT2D eigenvalue weighted by Crippen LogP contribution is -2.47. The van der Waals surface area contributed by atoms with Crippen LogP contribution < -0.4 is 20.3 Å². The number of benzene rings is 2. The lowest BCUT2D eigenvalue weighted by Gasteiger charge is -2.34. The molecule has 1 atom stereocenters. The van der Waals surface area contributed by atoms with Crippen LogP contribution in [0.5, 0.6) is 5.75 Å². The summed E-state index contributed by atoms with van der Waals surface area (Å²) in [6, 6.07) is 5.44. The number of carbonyl (C=O) groups excluding carboxylic acids is 2. The smallest absolute Gasteiger partial charge is 0.249 e. The normalized spacial score (nSPS) is 18.5. The van der Waals surface area contributed by atoms with Crippen LogP contribution in [0.15, 0.2) is 24.3 Å². The Labute approximate surface area is 210 Å². The number of nitrogens with zero attached hydrogens (tertiary/aromatic N) is 1. The second kappa shape index (κ2) is 11.7. The summed E-state index contributed by atoms with van der Waals surface area (Å²) in [5.41, 5.74) is 2.05. The minimum absolute atomic E-state index is 0.0521. The quantitative estimate of drug-likeness (QED) is 0.518. The van der Waals surface area contributed by atoms with E-state index in [2.05, 4.69) is 10.6 Å². The molecule has 2 aliphatic heterocycles. The van der Waals surface area contributed by atoms with Crippen LogP contribution in [-0.2, 0) is 9.59 Å². The van der Waals surface area contributed by atoms with Gasteiger partial charge in [-0.2, -0.15) is 0 Å². The van der Waals surface area contributed by atoms with Gasteiger partial charge in [0.2, 0.25) is 11.8 Å². The van der Waals surface area contributed by atoms with Crippen molar-refractivity contribution in [3.63, 3.8) is 0 Å². The molecule has 2 saturated heterocycles. The number of piperidine rings is 2. The van der Waals surface area contributed by atoms with Crippen LogP contribution in [0.2, 0.25) is 5.02 Å². The lowest BCUT2D eigenvalue weighted by atomic mass is 9.88. The third kappa shape index (κ3) is 6.04. The molecule has 2 aromatic rings. The SMILES string of the molecule is CC.COc1cc(C2CCN(c3cc(Cl)c(C)cc3F)CC2)c(F)cc1NC1CCC(=O)NC1=O. The summed E-state index contributed by atoms with van der Waals surface area (Å²) in [5.74, 6) is -1.08. The molecule has 0 aromatic heterocycles. The molecule has 2 heterocycles. The molecule has 0 aliphatic carbocycles. The van der Waals surface area contributed by atoms with Crippen LogP contribution in [0, 0.1) is 18.6 Å². The van der Waals surface area contributed by atoms with Gasteiger partial charge in [-0.25, -0.2) is 8.78 Å². The Balaban J connectivity index is 0.00000167. The van der Waals surface area contributed by atoms with Crippen LogP contribution in [0.1, 0.15) is 56.6 Å². The first-order valence-electron chi connectivity index (χ1n) is 11.9. The van der Waals surface area contributed by atoms with Crippen molar-refractivity contribution in [2.24, 2.45) is 0 Å². The Morgan fingerprint density at radius 1 is 1.06 bits per heavy atom. The zero-order valence-electron chi connectivity index (χ0n) is 20.5. The number of aryl methyl sites for hydroxylation is 1. The van der Waals surface area contributed by atoms with E-state index < -0.39 is 17.8 Å². The number of hydrogen-bond acceptors (Lipinski definition) is 5. The molecular weight excluding hydrogens is 476 g/mol. The number of ether oxygens (including phenoxy) is 1. The second-order valence-corrected chi connectivity index (χ2v) is 8.94. The van der Waals surface area contributed by atoms with Gasteiger partial charge in [-0.3, -0.25) is 14.9 Å². The lowest BCUT2D eigenvalue weighted by molar-refractivity contribution is -0.133. The first-order chi connectivity index (χ1) is 16.8. The fourth-order valence-corrected chi connectivity index (χ4v) is 4.65. The number of imide groups is 1. The van der Waals surface area contributed by atoms with E-state index in [1.54, 1.807) is 19.1 Å². The average molecular weight is 508 g/mol. The Morgan fingerprint density at radius 2 is 1.74 bits per heavy atom. The van der Waals surface area contributed by atoms with Crippen molar-refractivity contribution in [3.05, 3.63) is 52.0 Å². The maximum atomic E-state index is 15.1. The van der Waals surface area contributed by atoms with E-state index in [1.165, 1.54) is 19.2 Å². The van der Waals surface area contributed by atoms with Crippen molar-refractivity contribution in [2.45, 2.75) is 58.4 Å². The standard InChI is InChI=1S/C24H26ClF2N3O3.C2H6/c1-13-9-18(27)21(11-16(13)25)30-7-5-14(6-8-30)15-10-22(33-2)20(12-17(15)26)28-19-3-4-23(31)29-24(19)32;1-2/h9-12,14,19,28H,3-8H2,1-2H3,(H,29,31,32);1-2H3. The van der Waals surface area contributed by atoms with Gasteiger partial charge in [0.1, 0.15) is 23.4 Å². The summed E-state index contributed by atoms with van der Waals surface area (Å²) in [4.78, 5) is 25.3. The van der Waals surface area contributed by atoms with Gasteiger partial charge in [0, 0.05) is 30.6 Å². The summed E-state index contributed by atoms with van der Waals surface area (Å²) in [7, 11) is 1.49. The fraction of sp³-hybridized carbons (Fsp3) is 0.462. The molecule has 4 rings (SSSR count). The van der Waals surface area contributed by atoms with E-state index in [0.29, 0.717) is 65.6 Å². The molecule has 0 saturated carbocycles. The van der Waals surface area contributed by atoms with Crippen molar-refractivity contribution >= 4 is 34.8 Å². The van der Waals surface area contributed by atoms with Crippen molar-refractivity contribution in [2.75, 3.05) is 30.4 Å². The highest BCUT2D eigenvalue weighted by Gasteiger charge is 2.29. The molecule has 2 amide bonds. The number of carbonyl (C=O) groups is 2. The largest absolute Gasteiger partial charge is 0.495 e. The van der Waals surface area contributed by atoms with E-state index in [0.717, 1.165) is 0 Å². The van der Waals surface area contributed by atoms with E-state index in [1.807, 2.05) is 18.7 Å². The predicted octanol–water partition coefficient (Wildman–Crippen LogP) is 5.56. The topological polar surface area (TPSA) is 70.7 Å². The highest BCUT2D eigenvalue weighted by Crippen LogP contribution is 2.38. The van der Waals surface area contributed by atoms with Gasteiger partial charge in [-0.15, -0.1) is 0 Å². The highest BCUT2D eigenvalue weighted by molar-refractivity contribution is 6.31. The monoisotopic (exact) mass is 507 g/mol. The minimum Gasteiger partial charge on any atom is -0.495 e. The van der Waals surface area contributed by atoms with Crippen LogP contribution in [0.3, 0.4) is 0 Å². The highest BCUT2D eigenvalue weighted by atomic mass is 35.5. The molecule has 2 aliphatic rings. The third-order valence-corrected chi connectivity index (χ3v) is 6.80. The summed E-state index contributed by atoms with van der Waals surface area (Å²) in [5, 5.41) is 5.79. The molecule has 190 valence electrons. The predicted molar refractivity (Wildman–Crippen MR) is 134 cm³/mol. The van der Waals surface area contributed by atoms with Crippen molar-refractivity contribution < 1.29 is 23.1 Å².